The summed E-state index contributed by atoms with van der Waals surface area (Å²) in [5.41, 5.74) is 3.36. The molecule has 2 N–H and O–H groups in total. The molecule has 6 heteroatoms. The number of amides is 2. The van der Waals surface area contributed by atoms with Gasteiger partial charge in [0.2, 0.25) is 0 Å². The van der Waals surface area contributed by atoms with Gasteiger partial charge in [0, 0.05) is 11.4 Å². The van der Waals surface area contributed by atoms with E-state index in [9.17, 15) is 9.59 Å². The van der Waals surface area contributed by atoms with Crippen LogP contribution in [0.25, 0.3) is 11.1 Å². The lowest BCUT2D eigenvalue weighted by atomic mass is 10.1. The van der Waals surface area contributed by atoms with Crippen molar-refractivity contribution in [1.82, 2.24) is 0 Å². The van der Waals surface area contributed by atoms with Gasteiger partial charge in [-0.25, -0.2) is 9.59 Å². The second kappa shape index (κ2) is 11.6. The highest BCUT2D eigenvalue weighted by Crippen LogP contribution is 2.23. The summed E-state index contributed by atoms with van der Waals surface area (Å²) in [5.74, 6) is 0. The Morgan fingerprint density at radius 2 is 1.04 bits per heavy atom. The first-order valence-electron chi connectivity index (χ1n) is 9.70. The first-order valence-corrected chi connectivity index (χ1v) is 9.70. The quantitative estimate of drug-likeness (QED) is 0.516. The van der Waals surface area contributed by atoms with Crippen LogP contribution >= 0.6 is 0 Å². The average molecular weight is 384 g/mol. The van der Waals surface area contributed by atoms with E-state index in [4.69, 9.17) is 9.47 Å². The summed E-state index contributed by atoms with van der Waals surface area (Å²) in [6.45, 7) is 4.93. The minimum Gasteiger partial charge on any atom is -0.449 e. The smallest absolute Gasteiger partial charge is 0.411 e. The molecule has 0 atom stereocenters. The second-order valence-corrected chi connectivity index (χ2v) is 6.38. The van der Waals surface area contributed by atoms with E-state index >= 15 is 0 Å². The molecule has 0 bridgehead atoms. The Morgan fingerprint density at radius 3 is 1.36 bits per heavy atom. The topological polar surface area (TPSA) is 76.7 Å². The zero-order valence-electron chi connectivity index (χ0n) is 16.5. The zero-order chi connectivity index (χ0) is 20.2. The maximum absolute atomic E-state index is 11.7. The molecular weight excluding hydrogens is 356 g/mol. The molecule has 28 heavy (non-hydrogen) atoms. The first-order chi connectivity index (χ1) is 13.6. The summed E-state index contributed by atoms with van der Waals surface area (Å²) < 4.78 is 10.2. The van der Waals surface area contributed by atoms with E-state index in [0.717, 1.165) is 36.8 Å². The standard InChI is InChI=1S/C22H28N2O4/c1-3-5-15-27-21(25)23-19-11-7-17(8-12-19)18-9-13-20(14-10-18)24-22(26)28-16-6-4-2/h7-14H,3-6,15-16H2,1-2H3,(H,23,25)(H,24,26). The number of ether oxygens (including phenoxy) is 2. The molecule has 2 aromatic carbocycles. The van der Waals surface area contributed by atoms with Crippen LogP contribution in [0.3, 0.4) is 0 Å². The van der Waals surface area contributed by atoms with Crippen molar-refractivity contribution in [2.75, 3.05) is 23.8 Å². The molecule has 150 valence electrons. The third-order valence-corrected chi connectivity index (χ3v) is 4.06. The van der Waals surface area contributed by atoms with Crippen LogP contribution in [0.15, 0.2) is 48.5 Å². The van der Waals surface area contributed by atoms with Crippen LogP contribution < -0.4 is 10.6 Å². The lowest BCUT2D eigenvalue weighted by Gasteiger charge is -2.09. The number of unbranched alkanes of at least 4 members (excludes halogenated alkanes) is 2. The van der Waals surface area contributed by atoms with Crippen molar-refractivity contribution < 1.29 is 19.1 Å². The van der Waals surface area contributed by atoms with Gasteiger partial charge < -0.3 is 9.47 Å². The second-order valence-electron chi connectivity index (χ2n) is 6.38. The van der Waals surface area contributed by atoms with Crippen LogP contribution in [-0.4, -0.2) is 25.4 Å². The first kappa shape index (κ1) is 21.3. The minimum atomic E-state index is -0.442. The van der Waals surface area contributed by atoms with Crippen LogP contribution in [0, 0.1) is 0 Å². The van der Waals surface area contributed by atoms with Crippen LogP contribution in [-0.2, 0) is 9.47 Å². The predicted octanol–water partition coefficient (Wildman–Crippen LogP) is 6.05. The number of anilines is 2. The van der Waals surface area contributed by atoms with Gasteiger partial charge in [0.05, 0.1) is 13.2 Å². The molecule has 0 spiro atoms. The van der Waals surface area contributed by atoms with Crippen molar-refractivity contribution >= 4 is 23.6 Å². The molecule has 0 aliphatic rings. The zero-order valence-corrected chi connectivity index (χ0v) is 16.5. The van der Waals surface area contributed by atoms with Gasteiger partial charge in [-0.2, -0.15) is 0 Å². The van der Waals surface area contributed by atoms with Gasteiger partial charge in [-0.15, -0.1) is 0 Å². The molecule has 2 rings (SSSR count). The summed E-state index contributed by atoms with van der Waals surface area (Å²) in [4.78, 5) is 23.3. The van der Waals surface area contributed by atoms with Crippen molar-refractivity contribution in [1.29, 1.82) is 0 Å². The van der Waals surface area contributed by atoms with Gasteiger partial charge in [0.15, 0.2) is 0 Å². The normalized spacial score (nSPS) is 10.2. The minimum absolute atomic E-state index is 0.424. The monoisotopic (exact) mass is 384 g/mol. The van der Waals surface area contributed by atoms with E-state index < -0.39 is 12.2 Å². The van der Waals surface area contributed by atoms with E-state index in [1.54, 1.807) is 0 Å². The fraction of sp³-hybridized carbons (Fsp3) is 0.364. The number of hydrogen-bond acceptors (Lipinski definition) is 4. The molecule has 0 aliphatic carbocycles. The van der Waals surface area contributed by atoms with Crippen LogP contribution in [0.5, 0.6) is 0 Å². The van der Waals surface area contributed by atoms with E-state index in [-0.39, 0.29) is 0 Å². The molecule has 0 aliphatic heterocycles. The number of benzene rings is 2. The molecule has 0 unspecified atom stereocenters. The summed E-state index contributed by atoms with van der Waals surface area (Å²) in [7, 11) is 0. The SMILES string of the molecule is CCCCOC(=O)Nc1ccc(-c2ccc(NC(=O)OCCCC)cc2)cc1. The number of hydrogen-bond donors (Lipinski definition) is 2. The van der Waals surface area contributed by atoms with Crippen LogP contribution in [0.1, 0.15) is 39.5 Å². The molecule has 0 saturated carbocycles. The molecule has 0 aromatic heterocycles. The van der Waals surface area contributed by atoms with Crippen LogP contribution in [0.4, 0.5) is 21.0 Å². The Labute approximate surface area is 166 Å². The number of carbonyl (C=O) groups is 2. The fourth-order valence-corrected chi connectivity index (χ4v) is 2.42. The van der Waals surface area contributed by atoms with E-state index in [2.05, 4.69) is 10.6 Å². The van der Waals surface area contributed by atoms with E-state index in [1.807, 2.05) is 62.4 Å². The molecule has 0 heterocycles. The maximum atomic E-state index is 11.7. The molecule has 2 aromatic rings. The molecule has 6 nitrogen and oxygen atoms in total. The Kier molecular flexibility index (Phi) is 8.85. The number of rotatable bonds is 9. The van der Waals surface area contributed by atoms with Gasteiger partial charge in [-0.05, 0) is 48.2 Å². The van der Waals surface area contributed by atoms with E-state index in [1.165, 1.54) is 0 Å². The van der Waals surface area contributed by atoms with Crippen molar-refractivity contribution in [3.63, 3.8) is 0 Å². The summed E-state index contributed by atoms with van der Waals surface area (Å²) >= 11 is 0. The third kappa shape index (κ3) is 7.31. The summed E-state index contributed by atoms with van der Waals surface area (Å²) in [6.07, 6.45) is 2.79. The summed E-state index contributed by atoms with van der Waals surface area (Å²) in [6, 6.07) is 15.0. The lowest BCUT2D eigenvalue weighted by molar-refractivity contribution is 0.159. The molecule has 0 saturated heterocycles. The number of carbonyl (C=O) groups excluding carboxylic acids is 2. The predicted molar refractivity (Wildman–Crippen MR) is 112 cm³/mol. The fourth-order valence-electron chi connectivity index (χ4n) is 2.42. The lowest BCUT2D eigenvalue weighted by Crippen LogP contribution is -2.14. The van der Waals surface area contributed by atoms with Crippen molar-refractivity contribution in [2.45, 2.75) is 39.5 Å². The molecule has 0 fully saturated rings. The Balaban J connectivity index is 1.87. The highest BCUT2D eigenvalue weighted by molar-refractivity contribution is 5.86. The molecular formula is C22H28N2O4. The van der Waals surface area contributed by atoms with Crippen molar-refractivity contribution in [2.24, 2.45) is 0 Å². The summed E-state index contributed by atoms with van der Waals surface area (Å²) in [5, 5.41) is 5.42. The molecule has 0 radical (unpaired) electrons. The van der Waals surface area contributed by atoms with Gasteiger partial charge in [-0.3, -0.25) is 10.6 Å². The average Bonchev–Trinajstić information content (AvgIpc) is 2.70. The van der Waals surface area contributed by atoms with Crippen LogP contribution in [0.2, 0.25) is 0 Å². The maximum Gasteiger partial charge on any atom is 0.411 e. The third-order valence-electron chi connectivity index (χ3n) is 4.06. The van der Waals surface area contributed by atoms with Gasteiger partial charge in [0.25, 0.3) is 0 Å². The highest BCUT2D eigenvalue weighted by Gasteiger charge is 2.05. The van der Waals surface area contributed by atoms with Crippen molar-refractivity contribution in [3.05, 3.63) is 48.5 Å². The Hall–Kier alpha value is -3.02. The molecule has 2 amide bonds. The van der Waals surface area contributed by atoms with Gasteiger partial charge in [0.1, 0.15) is 0 Å². The number of nitrogens with one attached hydrogen (secondary N) is 2. The Bertz CT molecular complexity index is 677. The van der Waals surface area contributed by atoms with E-state index in [0.29, 0.717) is 24.6 Å². The van der Waals surface area contributed by atoms with Gasteiger partial charge >= 0.3 is 12.2 Å². The highest BCUT2D eigenvalue weighted by atomic mass is 16.6. The van der Waals surface area contributed by atoms with Gasteiger partial charge in [-0.1, -0.05) is 51.0 Å². The Morgan fingerprint density at radius 1 is 0.679 bits per heavy atom. The van der Waals surface area contributed by atoms with Crippen molar-refractivity contribution in [3.8, 4) is 11.1 Å². The largest absolute Gasteiger partial charge is 0.449 e.